The van der Waals surface area contributed by atoms with Gasteiger partial charge < -0.3 is 4.98 Å². The number of aromatic amines is 1. The van der Waals surface area contributed by atoms with Crippen molar-refractivity contribution >= 4 is 12.3 Å². The number of fused-ring (bicyclic) bond motifs is 4. The summed E-state index contributed by atoms with van der Waals surface area (Å²) in [7, 11) is 0. The summed E-state index contributed by atoms with van der Waals surface area (Å²) in [6, 6.07) is 12.0. The lowest BCUT2D eigenvalue weighted by Gasteiger charge is -2.45. The molecule has 1 aromatic heterocycles. The molecule has 0 saturated carbocycles. The summed E-state index contributed by atoms with van der Waals surface area (Å²) in [6.45, 7) is 6.38. The van der Waals surface area contributed by atoms with Crippen molar-refractivity contribution in [3.8, 4) is 0 Å². The molecule has 28 heavy (non-hydrogen) atoms. The highest BCUT2D eigenvalue weighted by Crippen LogP contribution is 2.51. The number of aromatic nitrogens is 1. The van der Waals surface area contributed by atoms with Crippen LogP contribution in [0.15, 0.2) is 75.6 Å². The van der Waals surface area contributed by atoms with Gasteiger partial charge in [0.2, 0.25) is 5.56 Å². The van der Waals surface area contributed by atoms with E-state index in [-0.39, 0.29) is 5.56 Å². The van der Waals surface area contributed by atoms with Crippen LogP contribution in [0, 0.1) is 12.8 Å². The Hall–Kier alpha value is -2.94. The Morgan fingerprint density at radius 1 is 1.21 bits per heavy atom. The molecule has 0 aliphatic heterocycles. The van der Waals surface area contributed by atoms with E-state index in [1.165, 1.54) is 22.3 Å². The van der Waals surface area contributed by atoms with Crippen LogP contribution >= 0.6 is 0 Å². The van der Waals surface area contributed by atoms with Crippen LogP contribution in [0.2, 0.25) is 0 Å². The SMILES string of the molecule is C/C=C1\C2C=C(C)CC1(/N=C/C=C/c1cccc(C)c1)c1ccc(=O)[nH]c1C2. The highest BCUT2D eigenvalue weighted by atomic mass is 16.1. The molecule has 3 heteroatoms. The molecule has 1 heterocycles. The van der Waals surface area contributed by atoms with Crippen molar-refractivity contribution in [2.75, 3.05) is 0 Å². The Morgan fingerprint density at radius 2 is 2.07 bits per heavy atom. The molecular formula is C25H26N2O. The zero-order valence-corrected chi connectivity index (χ0v) is 16.7. The van der Waals surface area contributed by atoms with E-state index < -0.39 is 5.54 Å². The zero-order chi connectivity index (χ0) is 19.7. The van der Waals surface area contributed by atoms with Gasteiger partial charge in [-0.2, -0.15) is 0 Å². The largest absolute Gasteiger partial charge is 0.326 e. The molecule has 0 amide bonds. The standard InChI is InChI=1S/C25H26N2O/c1-4-21-20-14-18(3)16-25(21,22-10-11-24(28)27-23(22)15-20)26-12-6-9-19-8-5-7-17(2)13-19/h4-14,20H,15-16H2,1-3H3,(H,27,28)/b9-6+,21-4+,26-12+. The maximum Gasteiger partial charge on any atom is 0.248 e. The third-order valence-corrected chi connectivity index (χ3v) is 5.79. The first-order valence-corrected chi connectivity index (χ1v) is 9.87. The third kappa shape index (κ3) is 3.22. The van der Waals surface area contributed by atoms with Crippen molar-refractivity contribution < 1.29 is 0 Å². The van der Waals surface area contributed by atoms with Crippen LogP contribution in [0.3, 0.4) is 0 Å². The molecule has 1 N–H and O–H groups in total. The highest BCUT2D eigenvalue weighted by molar-refractivity contribution is 5.79. The summed E-state index contributed by atoms with van der Waals surface area (Å²) in [5, 5.41) is 0. The van der Waals surface area contributed by atoms with Gasteiger partial charge in [0.05, 0.1) is 0 Å². The van der Waals surface area contributed by atoms with E-state index in [2.05, 4.69) is 68.2 Å². The van der Waals surface area contributed by atoms with Gasteiger partial charge in [0.25, 0.3) is 0 Å². The Labute approximate surface area is 166 Å². The lowest BCUT2D eigenvalue weighted by Crippen LogP contribution is -2.40. The lowest BCUT2D eigenvalue weighted by molar-refractivity contribution is 0.413. The molecule has 2 atom stereocenters. The molecule has 0 radical (unpaired) electrons. The van der Waals surface area contributed by atoms with Gasteiger partial charge in [-0.15, -0.1) is 0 Å². The number of nitrogens with one attached hydrogen (secondary N) is 1. The van der Waals surface area contributed by atoms with E-state index in [9.17, 15) is 4.79 Å². The topological polar surface area (TPSA) is 45.2 Å². The van der Waals surface area contributed by atoms with Gasteiger partial charge in [-0.1, -0.05) is 53.6 Å². The normalized spacial score (nSPS) is 25.3. The van der Waals surface area contributed by atoms with Crippen LogP contribution < -0.4 is 5.56 Å². The number of aryl methyl sites for hydroxylation is 1. The average molecular weight is 370 g/mol. The number of H-pyrrole nitrogens is 1. The third-order valence-electron chi connectivity index (χ3n) is 5.79. The highest BCUT2D eigenvalue weighted by Gasteiger charge is 2.46. The molecule has 142 valence electrons. The van der Waals surface area contributed by atoms with Crippen LogP contribution in [0.25, 0.3) is 6.08 Å². The molecule has 2 aromatic rings. The van der Waals surface area contributed by atoms with Crippen LogP contribution in [0.5, 0.6) is 0 Å². The maximum absolute atomic E-state index is 11.9. The van der Waals surface area contributed by atoms with Crippen LogP contribution in [0.4, 0.5) is 0 Å². The van der Waals surface area contributed by atoms with Gasteiger partial charge in [-0.05, 0) is 50.5 Å². The Kier molecular flexibility index (Phi) is 4.76. The van der Waals surface area contributed by atoms with Gasteiger partial charge in [-0.25, -0.2) is 0 Å². The van der Waals surface area contributed by atoms with E-state index in [1.54, 1.807) is 6.07 Å². The number of pyridine rings is 1. The average Bonchev–Trinajstić information content (AvgIpc) is 2.64. The zero-order valence-electron chi connectivity index (χ0n) is 16.7. The van der Waals surface area contributed by atoms with Crippen LogP contribution in [-0.4, -0.2) is 11.2 Å². The maximum atomic E-state index is 11.9. The molecule has 4 rings (SSSR count). The van der Waals surface area contributed by atoms with Gasteiger partial charge in [0, 0.05) is 35.9 Å². The van der Waals surface area contributed by atoms with Gasteiger partial charge in [0.15, 0.2) is 0 Å². The molecule has 0 spiro atoms. The second-order valence-electron chi connectivity index (χ2n) is 7.87. The van der Waals surface area contributed by atoms with E-state index in [1.807, 2.05) is 18.4 Å². The number of benzene rings is 1. The van der Waals surface area contributed by atoms with Crippen molar-refractivity contribution in [2.24, 2.45) is 10.9 Å². The minimum atomic E-state index is -0.424. The lowest BCUT2D eigenvalue weighted by atomic mass is 9.63. The number of allylic oxidation sites excluding steroid dienone is 3. The Balaban J connectivity index is 1.77. The molecule has 3 nitrogen and oxygen atoms in total. The summed E-state index contributed by atoms with van der Waals surface area (Å²) in [4.78, 5) is 20.1. The van der Waals surface area contributed by atoms with Gasteiger partial charge in [0.1, 0.15) is 5.54 Å². The predicted molar refractivity (Wildman–Crippen MR) is 117 cm³/mol. The Bertz CT molecular complexity index is 1080. The minimum absolute atomic E-state index is 0.0417. The van der Waals surface area contributed by atoms with Crippen molar-refractivity contribution in [2.45, 2.75) is 39.2 Å². The van der Waals surface area contributed by atoms with E-state index in [0.717, 1.165) is 24.1 Å². The fourth-order valence-electron chi connectivity index (χ4n) is 4.75. The minimum Gasteiger partial charge on any atom is -0.326 e. The number of rotatable bonds is 3. The number of hydrogen-bond acceptors (Lipinski definition) is 2. The molecule has 0 fully saturated rings. The summed E-state index contributed by atoms with van der Waals surface area (Å²) in [5.74, 6) is 0.294. The van der Waals surface area contributed by atoms with E-state index in [0.29, 0.717) is 5.92 Å². The second kappa shape index (κ2) is 7.23. The molecule has 2 bridgehead atoms. The molecule has 0 saturated heterocycles. The summed E-state index contributed by atoms with van der Waals surface area (Å²) in [5.41, 5.74) is 6.78. The quantitative estimate of drug-likeness (QED) is 0.591. The molecule has 2 aliphatic rings. The first kappa shape index (κ1) is 18.4. The van der Waals surface area contributed by atoms with Crippen molar-refractivity contribution in [3.63, 3.8) is 0 Å². The predicted octanol–water partition coefficient (Wildman–Crippen LogP) is 5.13. The summed E-state index contributed by atoms with van der Waals surface area (Å²) < 4.78 is 0. The van der Waals surface area contributed by atoms with Gasteiger partial charge in [-0.3, -0.25) is 9.79 Å². The molecule has 2 aliphatic carbocycles. The fraction of sp³-hybridized carbons (Fsp3) is 0.280. The van der Waals surface area contributed by atoms with Crippen LogP contribution in [-0.2, 0) is 12.0 Å². The second-order valence-corrected chi connectivity index (χ2v) is 7.87. The fourth-order valence-corrected chi connectivity index (χ4v) is 4.75. The number of hydrogen-bond donors (Lipinski definition) is 1. The molecule has 2 unspecified atom stereocenters. The molecular weight excluding hydrogens is 344 g/mol. The summed E-state index contributed by atoms with van der Waals surface area (Å²) >= 11 is 0. The first-order chi connectivity index (χ1) is 13.5. The van der Waals surface area contributed by atoms with E-state index in [4.69, 9.17) is 4.99 Å². The van der Waals surface area contributed by atoms with Gasteiger partial charge >= 0.3 is 0 Å². The smallest absolute Gasteiger partial charge is 0.248 e. The van der Waals surface area contributed by atoms with Crippen molar-refractivity contribution in [1.29, 1.82) is 0 Å². The summed E-state index contributed by atoms with van der Waals surface area (Å²) in [6.07, 6.45) is 12.2. The van der Waals surface area contributed by atoms with E-state index >= 15 is 0 Å². The van der Waals surface area contributed by atoms with Crippen LogP contribution in [0.1, 0.15) is 42.7 Å². The van der Waals surface area contributed by atoms with Crippen molar-refractivity contribution in [1.82, 2.24) is 4.98 Å². The first-order valence-electron chi connectivity index (χ1n) is 9.87. The Morgan fingerprint density at radius 3 is 2.86 bits per heavy atom. The molecule has 1 aromatic carbocycles. The number of aliphatic imine (C=N–C) groups is 1. The monoisotopic (exact) mass is 370 g/mol. The number of nitrogens with zero attached hydrogens (tertiary/aromatic N) is 1. The van der Waals surface area contributed by atoms with Crippen molar-refractivity contribution in [3.05, 3.63) is 98.5 Å².